The van der Waals surface area contributed by atoms with E-state index in [0.717, 1.165) is 17.7 Å². The average Bonchev–Trinajstić information content (AvgIpc) is 3.16. The van der Waals surface area contributed by atoms with E-state index in [2.05, 4.69) is 0 Å². The number of aromatic nitrogens is 1. The van der Waals surface area contributed by atoms with Gasteiger partial charge in [0.15, 0.2) is 0 Å². The van der Waals surface area contributed by atoms with Crippen molar-refractivity contribution < 1.29 is 14.3 Å². The monoisotopic (exact) mass is 413 g/mol. The van der Waals surface area contributed by atoms with E-state index in [9.17, 15) is 9.59 Å². The van der Waals surface area contributed by atoms with Crippen LogP contribution in [0.1, 0.15) is 43.9 Å². The van der Waals surface area contributed by atoms with Crippen molar-refractivity contribution in [2.24, 2.45) is 7.05 Å². The Labute approximate surface area is 180 Å². The predicted octanol–water partition coefficient (Wildman–Crippen LogP) is 3.43. The standard InChI is InChI=1S/C24H35N3O3/c1-5-14-27(24(29)22(6-2)20-11-8-7-9-12-20)19-23(28)26(16-17-30-4)18-21-13-10-15-25(21)3/h7-13,15,22H,5-6,14,16-19H2,1-4H3/t22-/m1/s1. The Balaban J connectivity index is 2.15. The highest BCUT2D eigenvalue weighted by molar-refractivity contribution is 5.88. The number of methoxy groups -OCH3 is 1. The lowest BCUT2D eigenvalue weighted by Gasteiger charge is -2.30. The fourth-order valence-electron chi connectivity index (χ4n) is 3.61. The molecule has 0 N–H and O–H groups in total. The van der Waals surface area contributed by atoms with Gasteiger partial charge in [-0.1, -0.05) is 44.2 Å². The Morgan fingerprint density at radius 1 is 1.03 bits per heavy atom. The lowest BCUT2D eigenvalue weighted by atomic mass is 9.95. The van der Waals surface area contributed by atoms with Crippen molar-refractivity contribution in [3.8, 4) is 0 Å². The van der Waals surface area contributed by atoms with E-state index in [-0.39, 0.29) is 24.3 Å². The molecule has 1 heterocycles. The molecule has 0 fully saturated rings. The summed E-state index contributed by atoms with van der Waals surface area (Å²) in [7, 11) is 3.59. The molecule has 1 aromatic carbocycles. The molecule has 0 aliphatic carbocycles. The van der Waals surface area contributed by atoms with Crippen LogP contribution in [-0.2, 0) is 27.9 Å². The first-order valence-corrected chi connectivity index (χ1v) is 10.7. The molecule has 1 atom stereocenters. The van der Waals surface area contributed by atoms with Gasteiger partial charge in [0.1, 0.15) is 0 Å². The third kappa shape index (κ3) is 6.46. The molecular weight excluding hydrogens is 378 g/mol. The molecule has 2 amide bonds. The summed E-state index contributed by atoms with van der Waals surface area (Å²) in [5.41, 5.74) is 2.04. The topological polar surface area (TPSA) is 54.8 Å². The summed E-state index contributed by atoms with van der Waals surface area (Å²) < 4.78 is 7.21. The summed E-state index contributed by atoms with van der Waals surface area (Å²) >= 11 is 0. The smallest absolute Gasteiger partial charge is 0.242 e. The highest BCUT2D eigenvalue weighted by Crippen LogP contribution is 2.22. The molecule has 2 rings (SSSR count). The van der Waals surface area contributed by atoms with Crippen molar-refractivity contribution in [3.05, 3.63) is 59.9 Å². The first kappa shape index (κ1) is 23.7. The van der Waals surface area contributed by atoms with Gasteiger partial charge < -0.3 is 19.1 Å². The lowest BCUT2D eigenvalue weighted by molar-refractivity contribution is -0.142. The number of hydrogen-bond acceptors (Lipinski definition) is 3. The summed E-state index contributed by atoms with van der Waals surface area (Å²) in [6, 6.07) is 13.8. The molecule has 0 spiro atoms. The fraction of sp³-hybridized carbons (Fsp3) is 0.500. The van der Waals surface area contributed by atoms with E-state index in [0.29, 0.717) is 32.7 Å². The normalized spacial score (nSPS) is 11.9. The zero-order chi connectivity index (χ0) is 21.9. The van der Waals surface area contributed by atoms with Crippen molar-refractivity contribution in [1.29, 1.82) is 0 Å². The number of nitrogens with zero attached hydrogens (tertiary/aromatic N) is 3. The quantitative estimate of drug-likeness (QED) is 0.536. The van der Waals surface area contributed by atoms with Gasteiger partial charge in [-0.3, -0.25) is 9.59 Å². The molecule has 164 valence electrons. The van der Waals surface area contributed by atoms with Crippen molar-refractivity contribution >= 4 is 11.8 Å². The minimum Gasteiger partial charge on any atom is -0.383 e. The van der Waals surface area contributed by atoms with E-state index < -0.39 is 0 Å². The molecule has 30 heavy (non-hydrogen) atoms. The van der Waals surface area contributed by atoms with E-state index in [1.807, 2.05) is 74.1 Å². The maximum atomic E-state index is 13.3. The second kappa shape index (κ2) is 12.2. The average molecular weight is 414 g/mol. The molecule has 0 bridgehead atoms. The predicted molar refractivity (Wildman–Crippen MR) is 119 cm³/mol. The molecule has 0 radical (unpaired) electrons. The minimum atomic E-state index is -0.231. The van der Waals surface area contributed by atoms with Gasteiger partial charge in [-0.05, 0) is 30.5 Å². The number of hydrogen-bond donors (Lipinski definition) is 0. The van der Waals surface area contributed by atoms with E-state index in [1.165, 1.54) is 0 Å². The van der Waals surface area contributed by atoms with Crippen molar-refractivity contribution in [1.82, 2.24) is 14.4 Å². The molecule has 2 aromatic rings. The molecule has 6 nitrogen and oxygen atoms in total. The number of ether oxygens (including phenoxy) is 1. The molecule has 0 saturated carbocycles. The van der Waals surface area contributed by atoms with Crippen LogP contribution in [-0.4, -0.2) is 59.5 Å². The van der Waals surface area contributed by atoms with E-state index in [1.54, 1.807) is 16.9 Å². The first-order chi connectivity index (χ1) is 14.5. The number of benzene rings is 1. The van der Waals surface area contributed by atoms with Gasteiger partial charge in [-0.15, -0.1) is 0 Å². The third-order valence-electron chi connectivity index (χ3n) is 5.36. The van der Waals surface area contributed by atoms with Crippen molar-refractivity contribution in [2.75, 3.05) is 33.4 Å². The van der Waals surface area contributed by atoms with Crippen LogP contribution in [0.15, 0.2) is 48.7 Å². The summed E-state index contributed by atoms with van der Waals surface area (Å²) in [6.07, 6.45) is 3.47. The van der Waals surface area contributed by atoms with Crippen LogP contribution in [0, 0.1) is 0 Å². The summed E-state index contributed by atoms with van der Waals surface area (Å²) in [4.78, 5) is 30.0. The Morgan fingerprint density at radius 3 is 2.33 bits per heavy atom. The van der Waals surface area contributed by atoms with Crippen LogP contribution in [0.25, 0.3) is 0 Å². The molecule has 1 aromatic heterocycles. The Bertz CT molecular complexity index is 788. The number of aryl methyl sites for hydroxylation is 1. The van der Waals surface area contributed by atoms with E-state index in [4.69, 9.17) is 4.74 Å². The minimum absolute atomic E-state index is 0.0180. The summed E-state index contributed by atoms with van der Waals surface area (Å²) in [6.45, 7) is 6.14. The zero-order valence-electron chi connectivity index (χ0n) is 18.7. The molecule has 0 aliphatic rings. The molecule has 6 heteroatoms. The van der Waals surface area contributed by atoms with Crippen molar-refractivity contribution in [2.45, 2.75) is 39.2 Å². The third-order valence-corrected chi connectivity index (χ3v) is 5.36. The lowest BCUT2D eigenvalue weighted by Crippen LogP contribution is -2.45. The van der Waals surface area contributed by atoms with Gasteiger partial charge >= 0.3 is 0 Å². The van der Waals surface area contributed by atoms with Crippen LogP contribution in [0.5, 0.6) is 0 Å². The Morgan fingerprint density at radius 2 is 1.77 bits per heavy atom. The maximum Gasteiger partial charge on any atom is 0.242 e. The van der Waals surface area contributed by atoms with E-state index >= 15 is 0 Å². The molecular formula is C24H35N3O3. The highest BCUT2D eigenvalue weighted by Gasteiger charge is 2.27. The number of amides is 2. The molecule has 0 aliphatic heterocycles. The highest BCUT2D eigenvalue weighted by atomic mass is 16.5. The molecule has 0 saturated heterocycles. The molecule has 0 unspecified atom stereocenters. The van der Waals surface area contributed by atoms with Gasteiger partial charge in [0, 0.05) is 39.1 Å². The van der Waals surface area contributed by atoms with Crippen LogP contribution < -0.4 is 0 Å². The second-order valence-corrected chi connectivity index (χ2v) is 7.55. The summed E-state index contributed by atoms with van der Waals surface area (Å²) in [5, 5.41) is 0. The van der Waals surface area contributed by atoms with Gasteiger partial charge in [-0.25, -0.2) is 0 Å². The first-order valence-electron chi connectivity index (χ1n) is 10.7. The number of carbonyl (C=O) groups is 2. The summed E-state index contributed by atoms with van der Waals surface area (Å²) in [5.74, 6) is -0.270. The number of rotatable bonds is 12. The zero-order valence-corrected chi connectivity index (χ0v) is 18.7. The number of carbonyl (C=O) groups excluding carboxylic acids is 2. The fourth-order valence-corrected chi connectivity index (χ4v) is 3.61. The van der Waals surface area contributed by atoms with Crippen molar-refractivity contribution in [3.63, 3.8) is 0 Å². The van der Waals surface area contributed by atoms with Gasteiger partial charge in [0.25, 0.3) is 0 Å². The van der Waals surface area contributed by atoms with Crippen LogP contribution in [0.4, 0.5) is 0 Å². The Kier molecular flexibility index (Phi) is 9.61. The largest absolute Gasteiger partial charge is 0.383 e. The van der Waals surface area contributed by atoms with Gasteiger partial charge in [0.05, 0.1) is 25.6 Å². The van der Waals surface area contributed by atoms with Gasteiger partial charge in [0.2, 0.25) is 11.8 Å². The Hall–Kier alpha value is -2.60. The van der Waals surface area contributed by atoms with Crippen LogP contribution in [0.3, 0.4) is 0 Å². The van der Waals surface area contributed by atoms with Crippen LogP contribution in [0.2, 0.25) is 0 Å². The SMILES string of the molecule is CCCN(CC(=O)N(CCOC)Cc1cccn1C)C(=O)[C@H](CC)c1ccccc1. The second-order valence-electron chi connectivity index (χ2n) is 7.55. The van der Waals surface area contributed by atoms with Crippen LogP contribution >= 0.6 is 0 Å². The maximum absolute atomic E-state index is 13.3. The van der Waals surface area contributed by atoms with Gasteiger partial charge in [-0.2, -0.15) is 0 Å².